The van der Waals surface area contributed by atoms with Crippen LogP contribution in [0.4, 0.5) is 5.69 Å². The van der Waals surface area contributed by atoms with Gasteiger partial charge in [-0.15, -0.1) is 0 Å². The predicted octanol–water partition coefficient (Wildman–Crippen LogP) is 4.18. The lowest BCUT2D eigenvalue weighted by Gasteiger charge is -2.43. The lowest BCUT2D eigenvalue weighted by atomic mass is 9.84. The maximum atomic E-state index is 13.8. The zero-order chi connectivity index (χ0) is 26.8. The molecule has 0 aliphatic carbocycles. The number of rotatable bonds is 6. The highest BCUT2D eigenvalue weighted by Gasteiger charge is 2.54. The first-order valence-corrected chi connectivity index (χ1v) is 13.4. The van der Waals surface area contributed by atoms with E-state index < -0.39 is 5.54 Å². The van der Waals surface area contributed by atoms with Gasteiger partial charge < -0.3 is 20.0 Å². The Morgan fingerprint density at radius 1 is 1.00 bits per heavy atom. The van der Waals surface area contributed by atoms with E-state index in [0.717, 1.165) is 12.1 Å². The molecule has 2 aliphatic heterocycles. The Morgan fingerprint density at radius 3 is 2.19 bits per heavy atom. The van der Waals surface area contributed by atoms with E-state index >= 15 is 0 Å². The molecular formula is C30H40N4O3. The number of piperidine rings is 1. The molecule has 7 heteroatoms. The summed E-state index contributed by atoms with van der Waals surface area (Å²) in [4.78, 5) is 45.4. The number of hydrogen-bond donors (Lipinski definition) is 1. The van der Waals surface area contributed by atoms with Gasteiger partial charge >= 0.3 is 0 Å². The van der Waals surface area contributed by atoms with Gasteiger partial charge in [-0.1, -0.05) is 58.0 Å². The molecule has 2 aromatic rings. The van der Waals surface area contributed by atoms with Crippen LogP contribution in [-0.4, -0.2) is 65.4 Å². The highest BCUT2D eigenvalue weighted by atomic mass is 16.2. The van der Waals surface area contributed by atoms with Gasteiger partial charge in [0.15, 0.2) is 0 Å². The molecule has 3 amide bonds. The van der Waals surface area contributed by atoms with E-state index in [4.69, 9.17) is 0 Å². The lowest BCUT2D eigenvalue weighted by molar-refractivity contribution is -0.137. The summed E-state index contributed by atoms with van der Waals surface area (Å²) in [6, 6.07) is 17.8. The van der Waals surface area contributed by atoms with E-state index in [1.54, 1.807) is 4.90 Å². The Bertz CT molecular complexity index is 1120. The number of likely N-dealkylation sites (tertiary alicyclic amines) is 1. The average Bonchev–Trinajstić information content (AvgIpc) is 3.14. The molecule has 2 saturated heterocycles. The predicted molar refractivity (Wildman–Crippen MR) is 146 cm³/mol. The van der Waals surface area contributed by atoms with Gasteiger partial charge in [0.05, 0.1) is 6.67 Å². The number of nitrogens with zero attached hydrogens (tertiary/aromatic N) is 3. The van der Waals surface area contributed by atoms with Crippen LogP contribution in [0.1, 0.15) is 69.8 Å². The first-order valence-electron chi connectivity index (χ1n) is 13.4. The average molecular weight is 505 g/mol. The number of carbonyl (C=O) groups is 3. The molecule has 2 fully saturated rings. The van der Waals surface area contributed by atoms with Crippen LogP contribution < -0.4 is 10.2 Å². The molecule has 0 saturated carbocycles. The van der Waals surface area contributed by atoms with Crippen molar-refractivity contribution < 1.29 is 14.4 Å². The van der Waals surface area contributed by atoms with Gasteiger partial charge in [0.25, 0.3) is 11.8 Å². The van der Waals surface area contributed by atoms with Crippen LogP contribution in [0.5, 0.6) is 0 Å². The second-order valence-electron chi connectivity index (χ2n) is 11.4. The molecule has 0 radical (unpaired) electrons. The highest BCUT2D eigenvalue weighted by Crippen LogP contribution is 2.39. The number of benzene rings is 2. The molecule has 2 aliphatic rings. The minimum Gasteiger partial charge on any atom is -0.352 e. The van der Waals surface area contributed by atoms with Crippen LogP contribution >= 0.6 is 0 Å². The summed E-state index contributed by atoms with van der Waals surface area (Å²) in [6.07, 6.45) is 1.88. The van der Waals surface area contributed by atoms with Crippen molar-refractivity contribution in [1.82, 2.24) is 15.1 Å². The highest BCUT2D eigenvalue weighted by molar-refractivity contribution is 5.97. The molecule has 4 rings (SSSR count). The van der Waals surface area contributed by atoms with Crippen molar-refractivity contribution in [1.29, 1.82) is 0 Å². The smallest absolute Gasteiger partial charge is 0.253 e. The van der Waals surface area contributed by atoms with Gasteiger partial charge in [0.2, 0.25) is 5.91 Å². The van der Waals surface area contributed by atoms with Gasteiger partial charge in [0, 0.05) is 30.4 Å². The number of hydrogen-bond acceptors (Lipinski definition) is 4. The summed E-state index contributed by atoms with van der Waals surface area (Å²) in [5.41, 5.74) is 2.09. The molecule has 1 N–H and O–H groups in total. The fourth-order valence-corrected chi connectivity index (χ4v) is 5.29. The largest absolute Gasteiger partial charge is 0.352 e. The minimum atomic E-state index is -0.759. The zero-order valence-corrected chi connectivity index (χ0v) is 22.8. The lowest BCUT2D eigenvalue weighted by Crippen LogP contribution is -2.57. The quantitative estimate of drug-likeness (QED) is 0.641. The Hall–Kier alpha value is -3.35. The van der Waals surface area contributed by atoms with Crippen LogP contribution in [0.2, 0.25) is 0 Å². The van der Waals surface area contributed by atoms with Crippen molar-refractivity contribution in [3.8, 4) is 0 Å². The number of para-hydroxylation sites is 1. The summed E-state index contributed by atoms with van der Waals surface area (Å²) >= 11 is 0. The third kappa shape index (κ3) is 5.50. The standard InChI is InChI=1S/C30H40N4O3/c1-6-22(2)31-26(35)20-33-21-34(25-10-8-7-9-11-25)30(28(33)37)16-18-32(19-17-30)27(36)23-12-14-24(15-13-23)29(3,4)5/h7-15,22H,6,16-21H2,1-5H3,(H,31,35). The van der Waals surface area contributed by atoms with E-state index in [2.05, 4.69) is 31.0 Å². The summed E-state index contributed by atoms with van der Waals surface area (Å²) in [5.74, 6) is -0.173. The van der Waals surface area contributed by atoms with E-state index in [-0.39, 0.29) is 35.7 Å². The molecule has 1 spiro atoms. The van der Waals surface area contributed by atoms with E-state index in [1.807, 2.05) is 73.3 Å². The molecule has 0 aromatic heterocycles. The molecule has 1 unspecified atom stereocenters. The maximum absolute atomic E-state index is 13.8. The van der Waals surface area contributed by atoms with E-state index in [0.29, 0.717) is 38.2 Å². The van der Waals surface area contributed by atoms with Crippen LogP contribution in [0.3, 0.4) is 0 Å². The van der Waals surface area contributed by atoms with E-state index in [9.17, 15) is 14.4 Å². The van der Waals surface area contributed by atoms with Crippen molar-refractivity contribution in [2.75, 3.05) is 31.2 Å². The van der Waals surface area contributed by atoms with Crippen LogP contribution in [0.25, 0.3) is 0 Å². The Kier molecular flexibility index (Phi) is 7.62. The first kappa shape index (κ1) is 26.7. The molecule has 7 nitrogen and oxygen atoms in total. The topological polar surface area (TPSA) is 73.0 Å². The fourth-order valence-electron chi connectivity index (χ4n) is 5.29. The van der Waals surface area contributed by atoms with Crippen molar-refractivity contribution >= 4 is 23.4 Å². The molecule has 0 bridgehead atoms. The van der Waals surface area contributed by atoms with Crippen molar-refractivity contribution in [2.24, 2.45) is 0 Å². The SMILES string of the molecule is CCC(C)NC(=O)CN1CN(c2ccccc2)C2(CCN(C(=O)c3ccc(C(C)(C)C)cc3)CC2)C1=O. The van der Waals surface area contributed by atoms with Gasteiger partial charge in [-0.2, -0.15) is 0 Å². The van der Waals surface area contributed by atoms with Crippen molar-refractivity contribution in [2.45, 2.75) is 70.9 Å². The van der Waals surface area contributed by atoms with Gasteiger partial charge in [0.1, 0.15) is 12.1 Å². The third-order valence-electron chi connectivity index (χ3n) is 7.81. The van der Waals surface area contributed by atoms with Gasteiger partial charge in [-0.3, -0.25) is 14.4 Å². The Morgan fingerprint density at radius 2 is 1.62 bits per heavy atom. The Balaban J connectivity index is 1.51. The molecule has 2 aromatic carbocycles. The molecular weight excluding hydrogens is 464 g/mol. The van der Waals surface area contributed by atoms with E-state index in [1.165, 1.54) is 5.56 Å². The summed E-state index contributed by atoms with van der Waals surface area (Å²) in [7, 11) is 0. The zero-order valence-electron chi connectivity index (χ0n) is 22.8. The fraction of sp³-hybridized carbons (Fsp3) is 0.500. The van der Waals surface area contributed by atoms with Crippen LogP contribution in [-0.2, 0) is 15.0 Å². The number of nitrogens with one attached hydrogen (secondary N) is 1. The number of amides is 3. The normalized spacial score (nSPS) is 18.3. The summed E-state index contributed by atoms with van der Waals surface area (Å²) < 4.78 is 0. The summed E-state index contributed by atoms with van der Waals surface area (Å²) in [5, 5.41) is 2.97. The van der Waals surface area contributed by atoms with Crippen LogP contribution in [0.15, 0.2) is 54.6 Å². The molecule has 198 valence electrons. The van der Waals surface area contributed by atoms with Crippen molar-refractivity contribution in [3.05, 3.63) is 65.7 Å². The molecule has 1 atom stereocenters. The van der Waals surface area contributed by atoms with Crippen molar-refractivity contribution in [3.63, 3.8) is 0 Å². The monoisotopic (exact) mass is 504 g/mol. The molecule has 2 heterocycles. The summed E-state index contributed by atoms with van der Waals surface area (Å²) in [6.45, 7) is 11.8. The van der Waals surface area contributed by atoms with Crippen LogP contribution in [0, 0.1) is 0 Å². The minimum absolute atomic E-state index is 0.00296. The van der Waals surface area contributed by atoms with Gasteiger partial charge in [-0.05, 0) is 61.4 Å². The Labute approximate surface area is 220 Å². The molecule has 37 heavy (non-hydrogen) atoms. The maximum Gasteiger partial charge on any atom is 0.253 e. The number of carbonyl (C=O) groups excluding carboxylic acids is 3. The van der Waals surface area contributed by atoms with Gasteiger partial charge in [-0.25, -0.2) is 0 Å². The second kappa shape index (κ2) is 10.6. The third-order valence-corrected chi connectivity index (χ3v) is 7.81. The second-order valence-corrected chi connectivity index (χ2v) is 11.4. The number of anilines is 1. The first-order chi connectivity index (χ1) is 17.5.